The Morgan fingerprint density at radius 3 is 2.76 bits per heavy atom. The number of carbonyl (C=O) groups is 1. The van der Waals surface area contributed by atoms with E-state index in [0.717, 1.165) is 5.69 Å². The first-order valence-electron chi connectivity index (χ1n) is 8.80. The Bertz CT molecular complexity index is 1180. The molecule has 0 aliphatic rings. The molecule has 29 heavy (non-hydrogen) atoms. The van der Waals surface area contributed by atoms with Gasteiger partial charge in [0.05, 0.1) is 11.5 Å². The van der Waals surface area contributed by atoms with E-state index in [1.807, 2.05) is 47.3 Å². The second-order valence-corrected chi connectivity index (χ2v) is 6.30. The number of ketones is 1. The minimum Gasteiger partial charge on any atom is -0.460 e. The molecule has 4 rings (SSSR count). The average molecular weight is 388 g/mol. The third kappa shape index (κ3) is 4.22. The number of carbonyl (C=O) groups excluding carboxylic acids is 1. The summed E-state index contributed by atoms with van der Waals surface area (Å²) in [5, 5.41) is 14.6. The van der Waals surface area contributed by atoms with Crippen LogP contribution in [0, 0.1) is 10.1 Å². The summed E-state index contributed by atoms with van der Waals surface area (Å²) in [6.07, 6.45) is 9.40. The highest BCUT2D eigenvalue weighted by Gasteiger charge is 2.10. The van der Waals surface area contributed by atoms with Gasteiger partial charge in [0, 0.05) is 23.6 Å². The maximum Gasteiger partial charge on any atom is 0.307 e. The van der Waals surface area contributed by atoms with Gasteiger partial charge in [-0.2, -0.15) is 5.10 Å². The van der Waals surface area contributed by atoms with Gasteiger partial charge in [-0.15, -0.1) is 0 Å². The van der Waals surface area contributed by atoms with E-state index < -0.39 is 4.92 Å². The van der Waals surface area contributed by atoms with E-state index in [-0.39, 0.29) is 18.0 Å². The van der Waals surface area contributed by atoms with E-state index in [1.54, 1.807) is 24.3 Å². The largest absolute Gasteiger partial charge is 0.460 e. The van der Waals surface area contributed by atoms with Gasteiger partial charge >= 0.3 is 5.69 Å². The second-order valence-electron chi connectivity index (χ2n) is 6.30. The first-order chi connectivity index (χ1) is 14.1. The monoisotopic (exact) mass is 388 g/mol. The van der Waals surface area contributed by atoms with Crippen LogP contribution in [0.5, 0.6) is 0 Å². The van der Waals surface area contributed by atoms with Gasteiger partial charge in [0.1, 0.15) is 23.9 Å². The van der Waals surface area contributed by atoms with Crippen molar-refractivity contribution < 1.29 is 14.1 Å². The SMILES string of the molecule is O=C(/C=C/c1ccc(Cn2cc([N+](=O)[O-])cn2)o1)c1cccc(-n2cccc2)c1. The molecule has 0 atom stereocenters. The van der Waals surface area contributed by atoms with Crippen molar-refractivity contribution >= 4 is 17.5 Å². The van der Waals surface area contributed by atoms with Gasteiger partial charge in [-0.3, -0.25) is 19.6 Å². The second kappa shape index (κ2) is 7.81. The summed E-state index contributed by atoms with van der Waals surface area (Å²) in [6.45, 7) is 0.258. The number of aromatic nitrogens is 3. The molecule has 0 radical (unpaired) electrons. The van der Waals surface area contributed by atoms with Crippen LogP contribution in [0.4, 0.5) is 5.69 Å². The van der Waals surface area contributed by atoms with E-state index >= 15 is 0 Å². The zero-order valence-electron chi connectivity index (χ0n) is 15.2. The van der Waals surface area contributed by atoms with E-state index in [9.17, 15) is 14.9 Å². The molecule has 0 saturated carbocycles. The van der Waals surface area contributed by atoms with Crippen molar-refractivity contribution in [2.45, 2.75) is 6.54 Å². The molecule has 0 unspecified atom stereocenters. The molecule has 0 N–H and O–H groups in total. The average Bonchev–Trinajstić information content (AvgIpc) is 3.48. The van der Waals surface area contributed by atoms with Crippen molar-refractivity contribution in [3.63, 3.8) is 0 Å². The van der Waals surface area contributed by atoms with Gasteiger partial charge in [-0.05, 0) is 48.6 Å². The first kappa shape index (κ1) is 18.2. The highest BCUT2D eigenvalue weighted by Crippen LogP contribution is 2.15. The van der Waals surface area contributed by atoms with Gasteiger partial charge in [0.25, 0.3) is 0 Å². The first-order valence-corrected chi connectivity index (χ1v) is 8.80. The number of hydrogen-bond acceptors (Lipinski definition) is 5. The molecule has 0 spiro atoms. The van der Waals surface area contributed by atoms with Gasteiger partial charge in [-0.25, -0.2) is 0 Å². The molecule has 0 aliphatic heterocycles. The van der Waals surface area contributed by atoms with Crippen LogP contribution in [-0.4, -0.2) is 25.1 Å². The van der Waals surface area contributed by atoms with Crippen molar-refractivity contribution in [1.82, 2.24) is 14.3 Å². The smallest absolute Gasteiger partial charge is 0.307 e. The molecule has 3 aromatic heterocycles. The van der Waals surface area contributed by atoms with Crippen molar-refractivity contribution in [2.75, 3.05) is 0 Å². The van der Waals surface area contributed by atoms with E-state index in [0.29, 0.717) is 17.1 Å². The minimum absolute atomic E-state index is 0.0792. The Hall–Kier alpha value is -4.20. The number of nitro groups is 1. The van der Waals surface area contributed by atoms with E-state index in [4.69, 9.17) is 4.42 Å². The van der Waals surface area contributed by atoms with Crippen LogP contribution in [0.3, 0.4) is 0 Å². The zero-order valence-corrected chi connectivity index (χ0v) is 15.2. The van der Waals surface area contributed by atoms with Crippen LogP contribution >= 0.6 is 0 Å². The molecule has 4 aromatic rings. The number of nitrogens with zero attached hydrogens (tertiary/aromatic N) is 4. The summed E-state index contributed by atoms with van der Waals surface area (Å²) in [4.78, 5) is 22.7. The molecule has 1 aromatic carbocycles. The lowest BCUT2D eigenvalue weighted by Gasteiger charge is -2.04. The summed E-state index contributed by atoms with van der Waals surface area (Å²) < 4.78 is 9.00. The fourth-order valence-corrected chi connectivity index (χ4v) is 2.84. The Morgan fingerprint density at radius 2 is 2.00 bits per heavy atom. The minimum atomic E-state index is -0.503. The predicted octanol–water partition coefficient (Wildman–Crippen LogP) is 4.12. The summed E-state index contributed by atoms with van der Waals surface area (Å²) in [5.74, 6) is 0.945. The van der Waals surface area contributed by atoms with Gasteiger partial charge in [0.2, 0.25) is 0 Å². The Morgan fingerprint density at radius 1 is 1.17 bits per heavy atom. The number of hydrogen-bond donors (Lipinski definition) is 0. The van der Waals surface area contributed by atoms with Gasteiger partial charge in [0.15, 0.2) is 5.78 Å². The lowest BCUT2D eigenvalue weighted by Crippen LogP contribution is -1.98. The molecule has 0 amide bonds. The molecule has 0 fully saturated rings. The Balaban J connectivity index is 1.43. The van der Waals surface area contributed by atoms with Crippen LogP contribution < -0.4 is 0 Å². The van der Waals surface area contributed by atoms with Crippen LogP contribution in [0.15, 0.2) is 83.8 Å². The van der Waals surface area contributed by atoms with Crippen LogP contribution in [0.2, 0.25) is 0 Å². The maximum atomic E-state index is 12.5. The fraction of sp³-hybridized carbons (Fsp3) is 0.0476. The standard InChI is InChI=1S/C21H16N4O4/c26-21(16-4-3-5-17(12-16)23-10-1-2-11-23)9-8-19-6-7-20(29-19)15-24-14-18(13-22-24)25(27)28/h1-14H,15H2/b9-8+. The van der Waals surface area contributed by atoms with Crippen molar-refractivity contribution in [2.24, 2.45) is 0 Å². The number of benzene rings is 1. The zero-order chi connectivity index (χ0) is 20.2. The van der Waals surface area contributed by atoms with Crippen molar-refractivity contribution in [3.8, 4) is 5.69 Å². The molecular formula is C21H16N4O4. The number of allylic oxidation sites excluding steroid dienone is 1. The Kier molecular flexibility index (Phi) is 4.90. The molecule has 144 valence electrons. The molecule has 8 heteroatoms. The van der Waals surface area contributed by atoms with E-state index in [1.165, 1.54) is 23.2 Å². The van der Waals surface area contributed by atoms with Crippen molar-refractivity contribution in [1.29, 1.82) is 0 Å². The highest BCUT2D eigenvalue weighted by atomic mass is 16.6. The number of furan rings is 1. The van der Waals surface area contributed by atoms with Crippen LogP contribution in [-0.2, 0) is 6.54 Å². The third-order valence-electron chi connectivity index (χ3n) is 4.26. The predicted molar refractivity (Wildman–Crippen MR) is 106 cm³/mol. The summed E-state index contributed by atoms with van der Waals surface area (Å²) in [5.41, 5.74) is 1.40. The Labute approximate surface area is 165 Å². The van der Waals surface area contributed by atoms with Crippen molar-refractivity contribution in [3.05, 3.63) is 107 Å². The molecule has 0 aliphatic carbocycles. The third-order valence-corrected chi connectivity index (χ3v) is 4.26. The quantitative estimate of drug-likeness (QED) is 0.205. The van der Waals surface area contributed by atoms with E-state index in [2.05, 4.69) is 5.10 Å². The molecule has 8 nitrogen and oxygen atoms in total. The maximum absolute atomic E-state index is 12.5. The molecular weight excluding hydrogens is 372 g/mol. The molecule has 0 bridgehead atoms. The molecule has 0 saturated heterocycles. The normalized spacial score (nSPS) is 11.2. The fourth-order valence-electron chi connectivity index (χ4n) is 2.84. The lowest BCUT2D eigenvalue weighted by atomic mass is 10.1. The van der Waals surface area contributed by atoms with Gasteiger partial charge < -0.3 is 8.98 Å². The summed E-state index contributed by atoms with van der Waals surface area (Å²) in [7, 11) is 0. The molecule has 3 heterocycles. The van der Waals surface area contributed by atoms with Gasteiger partial charge in [-0.1, -0.05) is 12.1 Å². The topological polar surface area (TPSA) is 96.1 Å². The van der Waals surface area contributed by atoms with Crippen LogP contribution in [0.1, 0.15) is 21.9 Å². The highest BCUT2D eigenvalue weighted by molar-refractivity contribution is 6.06. The summed E-state index contributed by atoms with van der Waals surface area (Å²) in [6, 6.07) is 14.7. The van der Waals surface area contributed by atoms with Crippen LogP contribution in [0.25, 0.3) is 11.8 Å². The lowest BCUT2D eigenvalue weighted by molar-refractivity contribution is -0.385. The summed E-state index contributed by atoms with van der Waals surface area (Å²) >= 11 is 0. The number of rotatable bonds is 7.